The first kappa shape index (κ1) is 47.3. The fourth-order valence-electron chi connectivity index (χ4n) is 4.91. The molecule has 0 atom stereocenters. The average Bonchev–Trinajstić information content (AvgIpc) is 2.93. The van der Waals surface area contributed by atoms with Gasteiger partial charge in [-0.1, -0.05) is 141 Å². The molecule has 0 saturated heterocycles. The molecule has 5 heteroatoms. The summed E-state index contributed by atoms with van der Waals surface area (Å²) in [6.45, 7) is 4.53. The van der Waals surface area contributed by atoms with Gasteiger partial charge in [-0.25, -0.2) is 0 Å². The van der Waals surface area contributed by atoms with Crippen LogP contribution in [0.5, 0.6) is 0 Å². The Balaban J connectivity index is -0.00000120. The van der Waals surface area contributed by atoms with Crippen LogP contribution in [-0.4, -0.2) is 11.9 Å². The van der Waals surface area contributed by atoms with Gasteiger partial charge in [-0.2, -0.15) is 0 Å². The van der Waals surface area contributed by atoms with E-state index in [1.54, 1.807) is 0 Å². The Morgan fingerprint density at radius 1 is 0.415 bits per heavy atom. The van der Waals surface area contributed by atoms with Crippen molar-refractivity contribution in [1.29, 1.82) is 0 Å². The van der Waals surface area contributed by atoms with E-state index in [2.05, 4.69) is 38.2 Å². The second-order valence-electron chi connectivity index (χ2n) is 11.5. The smallest absolute Gasteiger partial charge is 1.00 e. The summed E-state index contributed by atoms with van der Waals surface area (Å²) in [6, 6.07) is 0. The summed E-state index contributed by atoms with van der Waals surface area (Å²) in [4.78, 5) is 23.8. The largest absolute Gasteiger partial charge is 1.00 e. The number of carbonyl (C=O) groups excluding carboxylic acids is 2. The van der Waals surface area contributed by atoms with Crippen molar-refractivity contribution in [3.05, 3.63) is 24.3 Å². The van der Waals surface area contributed by atoms with Crippen molar-refractivity contribution in [1.82, 2.24) is 0 Å². The van der Waals surface area contributed by atoms with Gasteiger partial charge in [0, 0.05) is 12.8 Å². The van der Waals surface area contributed by atoms with Crippen LogP contribution in [0.25, 0.3) is 0 Å². The van der Waals surface area contributed by atoms with Crippen molar-refractivity contribution in [2.24, 2.45) is 0 Å². The molecule has 3 nitrogen and oxygen atoms in total. The normalized spacial score (nSPS) is 11.1. The van der Waals surface area contributed by atoms with Crippen molar-refractivity contribution in [2.75, 3.05) is 0 Å². The summed E-state index contributed by atoms with van der Waals surface area (Å²) in [5, 5.41) is 0. The minimum absolute atomic E-state index is 0. The fraction of sp³-hybridized carbons (Fsp3) is 0.833. The first-order chi connectivity index (χ1) is 19.2. The zero-order valence-electron chi connectivity index (χ0n) is 30.3. The van der Waals surface area contributed by atoms with Gasteiger partial charge in [-0.15, -0.1) is 0 Å². The zero-order chi connectivity index (χ0) is 28.5. The van der Waals surface area contributed by atoms with Gasteiger partial charge < -0.3 is 7.59 Å². The first-order valence-corrected chi connectivity index (χ1v) is 17.2. The Labute approximate surface area is 344 Å². The quantitative estimate of drug-likeness (QED) is 0.0306. The SMILES string of the molecule is CCCCCCCC/C=C\CCCCCCCC(=O)OC(=O)CCCCCCC/C=C\CCCCCCCC.[H-].[H-].[K+].[K+]. The van der Waals surface area contributed by atoms with Crippen LogP contribution < -0.4 is 103 Å². The van der Waals surface area contributed by atoms with Crippen molar-refractivity contribution in [3.63, 3.8) is 0 Å². The van der Waals surface area contributed by atoms with Crippen LogP contribution in [0.2, 0.25) is 0 Å². The van der Waals surface area contributed by atoms with E-state index in [4.69, 9.17) is 4.74 Å². The molecule has 0 fully saturated rings. The van der Waals surface area contributed by atoms with E-state index in [0.717, 1.165) is 38.5 Å². The van der Waals surface area contributed by atoms with Crippen LogP contribution >= 0.6 is 0 Å². The second kappa shape index (κ2) is 41.9. The molecular formula is C36H68K2O3. The molecule has 41 heavy (non-hydrogen) atoms. The van der Waals surface area contributed by atoms with Crippen LogP contribution in [0.3, 0.4) is 0 Å². The Morgan fingerprint density at radius 3 is 0.951 bits per heavy atom. The van der Waals surface area contributed by atoms with Crippen LogP contribution in [-0.2, 0) is 14.3 Å². The Bertz CT molecular complexity index is 551. The summed E-state index contributed by atoms with van der Waals surface area (Å²) in [5.74, 6) is -0.684. The minimum atomic E-state index is -0.342. The number of carbonyl (C=O) groups is 2. The van der Waals surface area contributed by atoms with Gasteiger partial charge in [0.2, 0.25) is 0 Å². The topological polar surface area (TPSA) is 43.4 Å². The maximum absolute atomic E-state index is 11.9. The summed E-state index contributed by atoms with van der Waals surface area (Å²) in [5.41, 5.74) is 0. The number of ether oxygens (including phenoxy) is 1. The summed E-state index contributed by atoms with van der Waals surface area (Å²) in [7, 11) is 0. The van der Waals surface area contributed by atoms with E-state index in [1.165, 1.54) is 128 Å². The molecule has 0 aliphatic rings. The standard InChI is InChI=1S/C36H66O3.2K.2H/c1-3-5-7-9-11-13-15-17-19-21-23-25-27-29-31-33-35(37)39-36(38)34-32-30-28-26-24-22-20-18-16-14-12-10-8-6-4-2;;;;/h17-20H,3-16,21-34H2,1-2H3;;;;/q;2*+1;2*-1/b19-17-,20-18-;;;;. The van der Waals surface area contributed by atoms with E-state index in [0.29, 0.717) is 12.8 Å². The van der Waals surface area contributed by atoms with Crippen molar-refractivity contribution in [3.8, 4) is 0 Å². The number of unbranched alkanes of at least 4 members (excludes halogenated alkanes) is 22. The molecular weight excluding hydrogens is 559 g/mol. The molecule has 0 aromatic heterocycles. The van der Waals surface area contributed by atoms with Crippen molar-refractivity contribution < 1.29 is 120 Å². The molecule has 0 aromatic carbocycles. The van der Waals surface area contributed by atoms with Gasteiger partial charge in [-0.05, 0) is 64.2 Å². The van der Waals surface area contributed by atoms with Crippen molar-refractivity contribution >= 4 is 11.9 Å². The third kappa shape index (κ3) is 41.9. The molecule has 0 aliphatic carbocycles. The minimum Gasteiger partial charge on any atom is -1.00 e. The van der Waals surface area contributed by atoms with Crippen molar-refractivity contribution in [2.45, 2.75) is 194 Å². The van der Waals surface area contributed by atoms with E-state index < -0.39 is 0 Å². The molecule has 0 heterocycles. The van der Waals surface area contributed by atoms with E-state index >= 15 is 0 Å². The Kier molecular flexibility index (Phi) is 48.3. The Morgan fingerprint density at radius 2 is 0.659 bits per heavy atom. The monoisotopic (exact) mass is 626 g/mol. The van der Waals surface area contributed by atoms with E-state index in [9.17, 15) is 9.59 Å². The molecule has 0 aliphatic heterocycles. The molecule has 0 N–H and O–H groups in total. The number of rotatable bonds is 30. The predicted molar refractivity (Wildman–Crippen MR) is 172 cm³/mol. The van der Waals surface area contributed by atoms with Crippen LogP contribution in [0.1, 0.15) is 196 Å². The zero-order valence-corrected chi connectivity index (χ0v) is 34.6. The molecule has 0 aromatic rings. The molecule has 0 bridgehead atoms. The van der Waals surface area contributed by atoms with Gasteiger partial charge in [0.05, 0.1) is 0 Å². The van der Waals surface area contributed by atoms with Crippen LogP contribution in [0, 0.1) is 0 Å². The number of hydrogen-bond acceptors (Lipinski definition) is 3. The average molecular weight is 627 g/mol. The molecule has 0 amide bonds. The van der Waals surface area contributed by atoms with Gasteiger partial charge in [0.15, 0.2) is 0 Å². The summed E-state index contributed by atoms with van der Waals surface area (Å²) >= 11 is 0. The summed E-state index contributed by atoms with van der Waals surface area (Å²) < 4.78 is 4.99. The first-order valence-electron chi connectivity index (χ1n) is 17.2. The molecule has 0 spiro atoms. The van der Waals surface area contributed by atoms with E-state index in [-0.39, 0.29) is 118 Å². The third-order valence-corrected chi connectivity index (χ3v) is 7.51. The van der Waals surface area contributed by atoms with Crippen LogP contribution in [0.15, 0.2) is 24.3 Å². The van der Waals surface area contributed by atoms with E-state index in [1.807, 2.05) is 0 Å². The third-order valence-electron chi connectivity index (χ3n) is 7.51. The van der Waals surface area contributed by atoms with Gasteiger partial charge in [0.25, 0.3) is 0 Å². The molecule has 232 valence electrons. The second-order valence-corrected chi connectivity index (χ2v) is 11.5. The maximum atomic E-state index is 11.9. The number of hydrogen-bond donors (Lipinski definition) is 0. The molecule has 0 rings (SSSR count). The molecule has 0 saturated carbocycles. The van der Waals surface area contributed by atoms with Gasteiger partial charge in [-0.3, -0.25) is 9.59 Å². The van der Waals surface area contributed by atoms with Gasteiger partial charge in [0.1, 0.15) is 0 Å². The molecule has 0 radical (unpaired) electrons. The maximum Gasteiger partial charge on any atom is 1.00 e. The molecule has 0 unspecified atom stereocenters. The van der Waals surface area contributed by atoms with Gasteiger partial charge >= 0.3 is 115 Å². The summed E-state index contributed by atoms with van der Waals surface area (Å²) in [6.07, 6.45) is 42.2. The van der Waals surface area contributed by atoms with Crippen LogP contribution in [0.4, 0.5) is 0 Å². The fourth-order valence-corrected chi connectivity index (χ4v) is 4.91. The number of esters is 2. The Hall–Kier alpha value is 1.89. The predicted octanol–water partition coefficient (Wildman–Crippen LogP) is 6.36. The number of allylic oxidation sites excluding steroid dienone is 4.